The van der Waals surface area contributed by atoms with Gasteiger partial charge in [-0.3, -0.25) is 9.63 Å². The van der Waals surface area contributed by atoms with Gasteiger partial charge >= 0.3 is 0 Å². The van der Waals surface area contributed by atoms with Gasteiger partial charge in [0.1, 0.15) is 0 Å². The second-order valence-corrected chi connectivity index (χ2v) is 4.44. The number of amides is 1. The quantitative estimate of drug-likeness (QED) is 0.770. The van der Waals surface area contributed by atoms with Crippen LogP contribution in [-0.2, 0) is 16.2 Å². The third kappa shape index (κ3) is 3.28. The lowest BCUT2D eigenvalue weighted by atomic mass is 10.0. The lowest BCUT2D eigenvalue weighted by Crippen LogP contribution is -2.43. The summed E-state index contributed by atoms with van der Waals surface area (Å²) in [4.78, 5) is 17.0. The van der Waals surface area contributed by atoms with Crippen molar-refractivity contribution in [3.05, 3.63) is 35.9 Å². The minimum Gasteiger partial charge on any atom is -0.306 e. The number of carbonyl (C=O) groups excluding carboxylic acids is 1. The fourth-order valence-corrected chi connectivity index (χ4v) is 2.01. The Balaban J connectivity index is 1.73. The van der Waals surface area contributed by atoms with Gasteiger partial charge in [-0.25, -0.2) is 5.48 Å². The zero-order chi connectivity index (χ0) is 12.1. The molecule has 0 aromatic heterocycles. The predicted octanol–water partition coefficient (Wildman–Crippen LogP) is 1.23. The Labute approximate surface area is 101 Å². The number of hydroxylamine groups is 1. The first-order valence-electron chi connectivity index (χ1n) is 5.96. The molecule has 1 aromatic carbocycles. The number of rotatable bonds is 4. The van der Waals surface area contributed by atoms with Gasteiger partial charge in [-0.15, -0.1) is 0 Å². The minimum absolute atomic E-state index is 0.0778. The average Bonchev–Trinajstić information content (AvgIpc) is 2.77. The van der Waals surface area contributed by atoms with Crippen molar-refractivity contribution >= 4 is 5.91 Å². The van der Waals surface area contributed by atoms with Crippen molar-refractivity contribution in [3.8, 4) is 0 Å². The van der Waals surface area contributed by atoms with Gasteiger partial charge < -0.3 is 5.32 Å². The van der Waals surface area contributed by atoms with Crippen LogP contribution in [0.25, 0.3) is 0 Å². The normalized spacial score (nSPS) is 23.6. The van der Waals surface area contributed by atoms with E-state index in [2.05, 4.69) is 17.7 Å². The summed E-state index contributed by atoms with van der Waals surface area (Å²) in [5, 5.41) is 3.16. The summed E-state index contributed by atoms with van der Waals surface area (Å²) in [6.45, 7) is 3.37. The molecule has 2 N–H and O–H groups in total. The predicted molar refractivity (Wildman–Crippen MR) is 64.9 cm³/mol. The van der Waals surface area contributed by atoms with E-state index >= 15 is 0 Å². The van der Waals surface area contributed by atoms with Crippen LogP contribution < -0.4 is 10.8 Å². The molecule has 1 fully saturated rings. The molecule has 1 aliphatic heterocycles. The van der Waals surface area contributed by atoms with Crippen LogP contribution in [0.4, 0.5) is 0 Å². The van der Waals surface area contributed by atoms with E-state index in [0.717, 1.165) is 18.5 Å². The second kappa shape index (κ2) is 5.80. The summed E-state index contributed by atoms with van der Waals surface area (Å²) in [5.41, 5.74) is 3.54. The van der Waals surface area contributed by atoms with Crippen LogP contribution >= 0.6 is 0 Å². The number of hydrogen-bond donors (Lipinski definition) is 2. The van der Waals surface area contributed by atoms with Gasteiger partial charge in [0.25, 0.3) is 5.91 Å². The zero-order valence-electron chi connectivity index (χ0n) is 9.98. The highest BCUT2D eigenvalue weighted by Crippen LogP contribution is 2.14. The lowest BCUT2D eigenvalue weighted by Gasteiger charge is -2.15. The maximum absolute atomic E-state index is 11.7. The van der Waals surface area contributed by atoms with Crippen molar-refractivity contribution in [2.75, 3.05) is 6.54 Å². The Morgan fingerprint density at radius 3 is 2.88 bits per heavy atom. The Morgan fingerprint density at radius 2 is 2.24 bits per heavy atom. The van der Waals surface area contributed by atoms with Gasteiger partial charge in [-0.2, -0.15) is 0 Å². The molecule has 0 spiro atoms. The van der Waals surface area contributed by atoms with E-state index in [1.54, 1.807) is 0 Å². The molecule has 1 heterocycles. The molecule has 1 aliphatic rings. The molecule has 0 radical (unpaired) electrons. The van der Waals surface area contributed by atoms with E-state index in [1.165, 1.54) is 0 Å². The largest absolute Gasteiger partial charge is 0.306 e. The van der Waals surface area contributed by atoms with Crippen LogP contribution in [0.15, 0.2) is 30.3 Å². The second-order valence-electron chi connectivity index (χ2n) is 4.44. The van der Waals surface area contributed by atoms with Gasteiger partial charge in [0, 0.05) is 0 Å². The number of hydrogen-bond acceptors (Lipinski definition) is 3. The Hall–Kier alpha value is -1.39. The molecule has 4 heteroatoms. The van der Waals surface area contributed by atoms with E-state index < -0.39 is 0 Å². The fourth-order valence-electron chi connectivity index (χ4n) is 2.01. The van der Waals surface area contributed by atoms with Crippen LogP contribution in [0.2, 0.25) is 0 Å². The van der Waals surface area contributed by atoms with Crippen LogP contribution in [0, 0.1) is 5.92 Å². The standard InChI is InChI=1S/C13H18N2O2/c1-10-7-8-14-12(10)13(16)15-17-9-11-5-3-2-4-6-11/h2-6,10,12,14H,7-9H2,1H3,(H,15,16)/t10-,12-/m0/s1. The summed E-state index contributed by atoms with van der Waals surface area (Å²) < 4.78 is 0. The van der Waals surface area contributed by atoms with Crippen molar-refractivity contribution in [2.24, 2.45) is 5.92 Å². The third-order valence-electron chi connectivity index (χ3n) is 3.07. The van der Waals surface area contributed by atoms with Crippen molar-refractivity contribution in [3.63, 3.8) is 0 Å². The van der Waals surface area contributed by atoms with Gasteiger partial charge in [0.05, 0.1) is 12.6 Å². The Bertz CT molecular complexity index is 367. The van der Waals surface area contributed by atoms with Gasteiger partial charge in [-0.1, -0.05) is 37.3 Å². The van der Waals surface area contributed by atoms with Crippen molar-refractivity contribution < 1.29 is 9.63 Å². The number of benzene rings is 1. The third-order valence-corrected chi connectivity index (χ3v) is 3.07. The van der Waals surface area contributed by atoms with E-state index in [0.29, 0.717) is 12.5 Å². The molecule has 1 saturated heterocycles. The molecular formula is C13H18N2O2. The zero-order valence-corrected chi connectivity index (χ0v) is 9.98. The first-order chi connectivity index (χ1) is 8.27. The summed E-state index contributed by atoms with van der Waals surface area (Å²) in [5.74, 6) is 0.293. The monoisotopic (exact) mass is 234 g/mol. The first-order valence-corrected chi connectivity index (χ1v) is 5.96. The Kier molecular flexibility index (Phi) is 4.12. The van der Waals surface area contributed by atoms with Crippen LogP contribution in [0.5, 0.6) is 0 Å². The van der Waals surface area contributed by atoms with Crippen LogP contribution in [-0.4, -0.2) is 18.5 Å². The topological polar surface area (TPSA) is 50.4 Å². The minimum atomic E-state index is -0.120. The van der Waals surface area contributed by atoms with Crippen molar-refractivity contribution in [1.82, 2.24) is 10.8 Å². The molecule has 2 rings (SSSR count). The molecule has 1 aromatic rings. The van der Waals surface area contributed by atoms with E-state index in [9.17, 15) is 4.79 Å². The molecule has 0 saturated carbocycles. The first kappa shape index (κ1) is 12.1. The molecule has 0 aliphatic carbocycles. The Morgan fingerprint density at radius 1 is 1.47 bits per heavy atom. The summed E-state index contributed by atoms with van der Waals surface area (Å²) in [6.07, 6.45) is 1.04. The molecule has 4 nitrogen and oxygen atoms in total. The SMILES string of the molecule is C[C@H]1CCN[C@@H]1C(=O)NOCc1ccccc1. The van der Waals surface area contributed by atoms with Crippen LogP contribution in [0.1, 0.15) is 18.9 Å². The maximum atomic E-state index is 11.7. The molecule has 2 atom stereocenters. The molecule has 0 bridgehead atoms. The van der Waals surface area contributed by atoms with Crippen molar-refractivity contribution in [1.29, 1.82) is 0 Å². The highest BCUT2D eigenvalue weighted by atomic mass is 16.6. The average molecular weight is 234 g/mol. The molecule has 92 valence electrons. The fraction of sp³-hybridized carbons (Fsp3) is 0.462. The number of nitrogens with one attached hydrogen (secondary N) is 2. The molecular weight excluding hydrogens is 216 g/mol. The van der Waals surface area contributed by atoms with Gasteiger partial charge in [0.15, 0.2) is 0 Å². The lowest BCUT2D eigenvalue weighted by molar-refractivity contribution is -0.137. The molecule has 17 heavy (non-hydrogen) atoms. The van der Waals surface area contributed by atoms with Crippen LogP contribution in [0.3, 0.4) is 0 Å². The summed E-state index contributed by atoms with van der Waals surface area (Å²) in [7, 11) is 0. The van der Waals surface area contributed by atoms with E-state index in [-0.39, 0.29) is 11.9 Å². The molecule has 1 amide bonds. The van der Waals surface area contributed by atoms with E-state index in [4.69, 9.17) is 4.84 Å². The smallest absolute Gasteiger partial charge is 0.260 e. The highest BCUT2D eigenvalue weighted by Gasteiger charge is 2.29. The van der Waals surface area contributed by atoms with Gasteiger partial charge in [0.2, 0.25) is 0 Å². The van der Waals surface area contributed by atoms with Crippen molar-refractivity contribution in [2.45, 2.75) is 26.0 Å². The molecule has 0 unspecified atom stereocenters. The summed E-state index contributed by atoms with van der Waals surface area (Å²) in [6, 6.07) is 9.64. The highest BCUT2D eigenvalue weighted by molar-refractivity contribution is 5.81. The number of carbonyl (C=O) groups is 1. The van der Waals surface area contributed by atoms with Gasteiger partial charge in [-0.05, 0) is 24.4 Å². The maximum Gasteiger partial charge on any atom is 0.260 e. The van der Waals surface area contributed by atoms with E-state index in [1.807, 2.05) is 30.3 Å². The summed E-state index contributed by atoms with van der Waals surface area (Å²) >= 11 is 0.